The molecule has 1 fully saturated rings. The van der Waals surface area contributed by atoms with Crippen molar-refractivity contribution in [1.82, 2.24) is 15.0 Å². The molecular weight excluding hydrogens is 276 g/mol. The summed E-state index contributed by atoms with van der Waals surface area (Å²) in [6.07, 6.45) is 5.87. The van der Waals surface area contributed by atoms with Gasteiger partial charge in [0.2, 0.25) is 0 Å². The fourth-order valence-electron chi connectivity index (χ4n) is 2.32. The van der Waals surface area contributed by atoms with Gasteiger partial charge in [-0.1, -0.05) is 13.8 Å². The van der Waals surface area contributed by atoms with Gasteiger partial charge in [-0.25, -0.2) is 4.98 Å². The van der Waals surface area contributed by atoms with E-state index in [1.54, 1.807) is 0 Å². The molecule has 1 saturated heterocycles. The van der Waals surface area contributed by atoms with E-state index in [4.69, 9.17) is 5.84 Å². The molecular formula is C13H24N4S2. The molecule has 1 aliphatic rings. The lowest BCUT2D eigenvalue weighted by Gasteiger charge is -2.35. The first-order chi connectivity index (χ1) is 9.11. The van der Waals surface area contributed by atoms with E-state index < -0.39 is 0 Å². The molecule has 3 N–H and O–H groups in total. The van der Waals surface area contributed by atoms with Crippen molar-refractivity contribution in [2.24, 2.45) is 12.9 Å². The van der Waals surface area contributed by atoms with Gasteiger partial charge in [-0.05, 0) is 6.42 Å². The molecule has 4 atom stereocenters. The first-order valence-electron chi connectivity index (χ1n) is 6.81. The van der Waals surface area contributed by atoms with Crippen molar-refractivity contribution < 1.29 is 0 Å². The summed E-state index contributed by atoms with van der Waals surface area (Å²) in [5.74, 6) is 8.08. The first kappa shape index (κ1) is 15.2. The molecule has 1 aromatic rings. The van der Waals surface area contributed by atoms with Crippen LogP contribution in [0.5, 0.6) is 0 Å². The van der Waals surface area contributed by atoms with Crippen molar-refractivity contribution in [3.8, 4) is 0 Å². The number of rotatable bonds is 5. The summed E-state index contributed by atoms with van der Waals surface area (Å²) in [5.41, 5.74) is 3.02. The van der Waals surface area contributed by atoms with Gasteiger partial charge < -0.3 is 4.57 Å². The minimum absolute atomic E-state index is 0.365. The quantitative estimate of drug-likeness (QED) is 0.641. The molecule has 0 aliphatic carbocycles. The van der Waals surface area contributed by atoms with Crippen LogP contribution in [0.1, 0.15) is 26.1 Å². The summed E-state index contributed by atoms with van der Waals surface area (Å²) in [7, 11) is 2.04. The molecule has 4 unspecified atom stereocenters. The number of hydrazine groups is 1. The van der Waals surface area contributed by atoms with Gasteiger partial charge in [0.05, 0.1) is 0 Å². The summed E-state index contributed by atoms with van der Waals surface area (Å²) >= 11 is 4.15. The van der Waals surface area contributed by atoms with Gasteiger partial charge in [0.15, 0.2) is 0 Å². The van der Waals surface area contributed by atoms with E-state index in [1.165, 1.54) is 5.75 Å². The fraction of sp³-hybridized carbons (Fsp3) is 0.769. The lowest BCUT2D eigenvalue weighted by molar-refractivity contribution is 0.483. The number of thioether (sulfide) groups is 2. The molecule has 0 radical (unpaired) electrons. The second-order valence-electron chi connectivity index (χ2n) is 5.18. The topological polar surface area (TPSA) is 55.9 Å². The van der Waals surface area contributed by atoms with Crippen molar-refractivity contribution in [1.29, 1.82) is 0 Å². The van der Waals surface area contributed by atoms with E-state index in [0.717, 1.165) is 23.9 Å². The second kappa shape index (κ2) is 7.02. The highest BCUT2D eigenvalue weighted by Gasteiger charge is 2.30. The van der Waals surface area contributed by atoms with Crippen LogP contribution in [0.25, 0.3) is 0 Å². The van der Waals surface area contributed by atoms with Crippen LogP contribution in [0.2, 0.25) is 0 Å². The Morgan fingerprint density at radius 1 is 1.53 bits per heavy atom. The van der Waals surface area contributed by atoms with Gasteiger partial charge in [0, 0.05) is 53.4 Å². The minimum atomic E-state index is 0.365. The van der Waals surface area contributed by atoms with Crippen LogP contribution >= 0.6 is 23.5 Å². The van der Waals surface area contributed by atoms with Crippen LogP contribution in [0.3, 0.4) is 0 Å². The highest BCUT2D eigenvalue weighted by Crippen LogP contribution is 2.37. The Bertz CT molecular complexity index is 396. The Hall–Kier alpha value is -0.170. The molecule has 19 heavy (non-hydrogen) atoms. The molecule has 0 aromatic carbocycles. The monoisotopic (exact) mass is 300 g/mol. The lowest BCUT2D eigenvalue weighted by Crippen LogP contribution is -2.46. The van der Waals surface area contributed by atoms with Crippen molar-refractivity contribution >= 4 is 23.5 Å². The normalized spacial score (nSPS) is 29.4. The third-order valence-electron chi connectivity index (χ3n) is 3.84. The van der Waals surface area contributed by atoms with E-state index in [2.05, 4.69) is 52.3 Å². The number of aromatic nitrogens is 2. The largest absolute Gasteiger partial charge is 0.338 e. The lowest BCUT2D eigenvalue weighted by atomic mass is 10.1. The van der Waals surface area contributed by atoms with Crippen LogP contribution in [0.4, 0.5) is 0 Å². The molecule has 0 spiro atoms. The molecule has 0 saturated carbocycles. The highest BCUT2D eigenvalue weighted by atomic mass is 32.2. The van der Waals surface area contributed by atoms with Gasteiger partial charge in [0.25, 0.3) is 0 Å². The molecule has 2 heterocycles. The van der Waals surface area contributed by atoms with E-state index in [1.807, 2.05) is 19.4 Å². The SMILES string of the molecule is CC1SCC(C(CCc2nccn2C)NN)SC1C. The van der Waals surface area contributed by atoms with Crippen LogP contribution in [-0.4, -0.2) is 37.1 Å². The Morgan fingerprint density at radius 3 is 2.89 bits per heavy atom. The summed E-state index contributed by atoms with van der Waals surface area (Å²) in [5, 5.41) is 2.04. The van der Waals surface area contributed by atoms with Crippen molar-refractivity contribution in [3.05, 3.63) is 18.2 Å². The smallest absolute Gasteiger partial charge is 0.108 e. The standard InChI is InChI=1S/C13H24N4S2/c1-9-10(2)19-12(8-18-9)11(16-14)4-5-13-15-6-7-17(13)3/h6-7,9-12,16H,4-5,8,14H2,1-3H3. The number of imidazole rings is 1. The Labute approximate surface area is 124 Å². The van der Waals surface area contributed by atoms with Crippen molar-refractivity contribution in [3.63, 3.8) is 0 Å². The van der Waals surface area contributed by atoms with Crippen LogP contribution in [0.15, 0.2) is 12.4 Å². The van der Waals surface area contributed by atoms with Gasteiger partial charge in [-0.2, -0.15) is 23.5 Å². The van der Waals surface area contributed by atoms with E-state index in [0.29, 0.717) is 16.5 Å². The molecule has 6 heteroatoms. The second-order valence-corrected chi connectivity index (χ2v) is 8.22. The Kier molecular flexibility index (Phi) is 5.62. The van der Waals surface area contributed by atoms with Gasteiger partial charge in [0.1, 0.15) is 5.82 Å². The zero-order valence-electron chi connectivity index (χ0n) is 11.9. The number of nitrogens with one attached hydrogen (secondary N) is 1. The fourth-order valence-corrected chi connectivity index (χ4v) is 5.47. The van der Waals surface area contributed by atoms with Crippen LogP contribution < -0.4 is 11.3 Å². The minimum Gasteiger partial charge on any atom is -0.338 e. The number of aryl methyl sites for hydroxylation is 2. The van der Waals surface area contributed by atoms with Crippen molar-refractivity contribution in [2.75, 3.05) is 5.75 Å². The third kappa shape index (κ3) is 3.90. The zero-order chi connectivity index (χ0) is 13.8. The predicted octanol–water partition coefficient (Wildman–Crippen LogP) is 1.81. The number of nitrogens with zero attached hydrogens (tertiary/aromatic N) is 2. The Morgan fingerprint density at radius 2 is 2.32 bits per heavy atom. The molecule has 1 aromatic heterocycles. The molecule has 4 nitrogen and oxygen atoms in total. The molecule has 0 amide bonds. The van der Waals surface area contributed by atoms with E-state index >= 15 is 0 Å². The maximum absolute atomic E-state index is 5.76. The summed E-state index contributed by atoms with van der Waals surface area (Å²) in [6, 6.07) is 0.365. The molecule has 2 rings (SSSR count). The molecule has 0 bridgehead atoms. The zero-order valence-corrected chi connectivity index (χ0v) is 13.5. The van der Waals surface area contributed by atoms with Crippen molar-refractivity contribution in [2.45, 2.75) is 48.5 Å². The maximum Gasteiger partial charge on any atom is 0.108 e. The number of nitrogens with two attached hydrogens (primary N) is 1. The summed E-state index contributed by atoms with van der Waals surface area (Å²) in [4.78, 5) is 4.38. The number of hydrogen-bond donors (Lipinski definition) is 2. The Balaban J connectivity index is 1.88. The molecule has 1 aliphatic heterocycles. The van der Waals surface area contributed by atoms with Gasteiger partial charge in [-0.15, -0.1) is 0 Å². The number of hydrogen-bond acceptors (Lipinski definition) is 5. The van der Waals surface area contributed by atoms with E-state index in [9.17, 15) is 0 Å². The molecule has 108 valence electrons. The van der Waals surface area contributed by atoms with Gasteiger partial charge >= 0.3 is 0 Å². The third-order valence-corrected chi connectivity index (χ3v) is 7.39. The average Bonchev–Trinajstić information content (AvgIpc) is 2.80. The highest BCUT2D eigenvalue weighted by molar-refractivity contribution is 8.07. The summed E-state index contributed by atoms with van der Waals surface area (Å²) in [6.45, 7) is 4.64. The first-order valence-corrected chi connectivity index (χ1v) is 8.80. The van der Waals surface area contributed by atoms with Crippen LogP contribution in [0, 0.1) is 0 Å². The van der Waals surface area contributed by atoms with Crippen LogP contribution in [-0.2, 0) is 13.5 Å². The maximum atomic E-state index is 5.76. The predicted molar refractivity (Wildman–Crippen MR) is 85.4 cm³/mol. The van der Waals surface area contributed by atoms with Gasteiger partial charge in [-0.3, -0.25) is 11.3 Å². The summed E-state index contributed by atoms with van der Waals surface area (Å²) < 4.78 is 2.08. The van der Waals surface area contributed by atoms with E-state index in [-0.39, 0.29) is 0 Å². The average molecular weight is 300 g/mol.